The molecule has 3 aromatic rings. The smallest absolute Gasteiger partial charge is 0.232 e. The third kappa shape index (κ3) is 3.87. The van der Waals surface area contributed by atoms with Crippen molar-refractivity contribution in [3.05, 3.63) is 49.3 Å². The number of nitrogens with zero attached hydrogens (tertiary/aromatic N) is 4. The Bertz CT molecular complexity index is 1060. The standard InChI is InChI=1S/C23H26FN5O2/c1-14-7-17-22(24)20(10-23(2,9-14)28-17)31-21-12-26-18(11-27-21)16-4-3-15(8-19(16)30)29-6-5-25-13-29/h3-6,8,11-14,17,20,22,28,30H,7,9-10H2,1-2H3/t14-,17?,20-,22-,23-/m0/s1. The summed E-state index contributed by atoms with van der Waals surface area (Å²) in [7, 11) is 0. The second-order valence-corrected chi connectivity index (χ2v) is 9.07. The summed E-state index contributed by atoms with van der Waals surface area (Å²) in [4.78, 5) is 12.7. The average Bonchev–Trinajstić information content (AvgIpc) is 3.27. The summed E-state index contributed by atoms with van der Waals surface area (Å²) in [6, 6.07) is 5.10. The van der Waals surface area contributed by atoms with Crippen LogP contribution in [0.5, 0.6) is 11.6 Å². The number of nitrogens with one attached hydrogen (secondary N) is 1. The van der Waals surface area contributed by atoms with Gasteiger partial charge >= 0.3 is 0 Å². The topological polar surface area (TPSA) is 85.1 Å². The first-order valence-corrected chi connectivity index (χ1v) is 10.6. The number of alkyl halides is 1. The molecule has 2 N–H and O–H groups in total. The number of hydrogen-bond acceptors (Lipinski definition) is 6. The minimum atomic E-state index is -1.09. The number of phenols is 1. The fourth-order valence-electron chi connectivity index (χ4n) is 5.11. The summed E-state index contributed by atoms with van der Waals surface area (Å²) in [5.41, 5.74) is 1.75. The number of benzene rings is 1. The van der Waals surface area contributed by atoms with Gasteiger partial charge in [0.25, 0.3) is 0 Å². The highest BCUT2D eigenvalue weighted by Gasteiger charge is 2.48. The molecule has 7 nitrogen and oxygen atoms in total. The first-order valence-electron chi connectivity index (χ1n) is 10.6. The van der Waals surface area contributed by atoms with E-state index in [9.17, 15) is 5.11 Å². The third-order valence-corrected chi connectivity index (χ3v) is 6.34. The number of halogens is 1. The maximum atomic E-state index is 15.0. The van der Waals surface area contributed by atoms with E-state index >= 15 is 4.39 Å². The number of ether oxygens (including phenoxy) is 1. The van der Waals surface area contributed by atoms with Gasteiger partial charge in [0.1, 0.15) is 11.9 Å². The minimum Gasteiger partial charge on any atom is -0.507 e. The fourth-order valence-corrected chi connectivity index (χ4v) is 5.11. The molecule has 0 amide bonds. The van der Waals surface area contributed by atoms with Gasteiger partial charge in [-0.1, -0.05) is 6.92 Å². The molecule has 2 fully saturated rings. The summed E-state index contributed by atoms with van der Waals surface area (Å²) < 4.78 is 22.8. The van der Waals surface area contributed by atoms with Crippen LogP contribution in [0.15, 0.2) is 49.3 Å². The van der Waals surface area contributed by atoms with Crippen molar-refractivity contribution in [2.75, 3.05) is 0 Å². The maximum absolute atomic E-state index is 15.0. The van der Waals surface area contributed by atoms with E-state index in [0.29, 0.717) is 29.5 Å². The van der Waals surface area contributed by atoms with Crippen molar-refractivity contribution < 1.29 is 14.2 Å². The Balaban J connectivity index is 1.32. The van der Waals surface area contributed by atoms with Crippen LogP contribution in [-0.4, -0.2) is 48.5 Å². The Morgan fingerprint density at radius 3 is 2.84 bits per heavy atom. The van der Waals surface area contributed by atoms with Gasteiger partial charge in [-0.25, -0.2) is 19.3 Å². The molecule has 31 heavy (non-hydrogen) atoms. The van der Waals surface area contributed by atoms with Crippen molar-refractivity contribution in [3.63, 3.8) is 0 Å². The zero-order valence-electron chi connectivity index (χ0n) is 17.6. The molecule has 0 saturated carbocycles. The monoisotopic (exact) mass is 423 g/mol. The Kier molecular flexibility index (Phi) is 4.89. The van der Waals surface area contributed by atoms with E-state index < -0.39 is 12.3 Å². The number of aromatic nitrogens is 4. The lowest BCUT2D eigenvalue weighted by Crippen LogP contribution is -2.66. The predicted molar refractivity (Wildman–Crippen MR) is 114 cm³/mol. The molecule has 2 aromatic heterocycles. The number of phenolic OH excluding ortho intramolecular Hbond substituents is 1. The Hall–Kier alpha value is -3.00. The molecule has 1 aromatic carbocycles. The molecule has 162 valence electrons. The first kappa shape index (κ1) is 19.9. The SMILES string of the molecule is C[C@H]1CC2N[C@@](C)(C1)C[C@H](Oc1cnc(-c3ccc(-n4ccnc4)cc3O)cn1)[C@H]2F. The molecule has 1 unspecified atom stereocenters. The number of piperidine rings is 2. The molecular weight excluding hydrogens is 397 g/mol. The summed E-state index contributed by atoms with van der Waals surface area (Å²) >= 11 is 0. The molecule has 5 atom stereocenters. The predicted octanol–water partition coefficient (Wildman–Crippen LogP) is 3.67. The molecule has 2 aliphatic heterocycles. The first-order chi connectivity index (χ1) is 14.9. The molecule has 4 heterocycles. The molecule has 0 spiro atoms. The molecule has 0 aliphatic carbocycles. The van der Waals surface area contributed by atoms with Crippen molar-refractivity contribution in [3.8, 4) is 28.6 Å². The fraction of sp³-hybridized carbons (Fsp3) is 0.435. The Morgan fingerprint density at radius 2 is 2.13 bits per heavy atom. The van der Waals surface area contributed by atoms with Crippen LogP contribution in [0.1, 0.15) is 33.1 Å². The van der Waals surface area contributed by atoms with Crippen LogP contribution in [-0.2, 0) is 0 Å². The molecule has 0 radical (unpaired) electrons. The van der Waals surface area contributed by atoms with Crippen LogP contribution in [0.25, 0.3) is 16.9 Å². The van der Waals surface area contributed by atoms with Crippen molar-refractivity contribution >= 4 is 0 Å². The Labute approximate surface area is 180 Å². The van der Waals surface area contributed by atoms with Crippen molar-refractivity contribution in [1.29, 1.82) is 0 Å². The second kappa shape index (κ2) is 7.60. The lowest BCUT2D eigenvalue weighted by molar-refractivity contribution is -0.0337. The lowest BCUT2D eigenvalue weighted by atomic mass is 9.71. The van der Waals surface area contributed by atoms with Crippen LogP contribution in [0, 0.1) is 5.92 Å². The highest BCUT2D eigenvalue weighted by Crippen LogP contribution is 2.39. The molecule has 5 rings (SSSR count). The highest BCUT2D eigenvalue weighted by molar-refractivity contribution is 5.68. The largest absolute Gasteiger partial charge is 0.507 e. The van der Waals surface area contributed by atoms with Gasteiger partial charge in [0.15, 0.2) is 6.17 Å². The number of fused-ring (bicyclic) bond motifs is 2. The zero-order chi connectivity index (χ0) is 21.6. The van der Waals surface area contributed by atoms with Crippen molar-refractivity contribution in [1.82, 2.24) is 24.8 Å². The van der Waals surface area contributed by atoms with Gasteiger partial charge in [0, 0.05) is 42.0 Å². The van der Waals surface area contributed by atoms with Crippen LogP contribution >= 0.6 is 0 Å². The molecule has 8 heteroatoms. The van der Waals surface area contributed by atoms with Gasteiger partial charge in [0.05, 0.1) is 30.1 Å². The number of imidazole rings is 1. The number of aromatic hydroxyl groups is 1. The summed E-state index contributed by atoms with van der Waals surface area (Å²) in [5.74, 6) is 0.885. The Morgan fingerprint density at radius 1 is 1.26 bits per heavy atom. The van der Waals surface area contributed by atoms with E-state index in [1.54, 1.807) is 41.6 Å². The van der Waals surface area contributed by atoms with E-state index in [-0.39, 0.29) is 17.3 Å². The van der Waals surface area contributed by atoms with Gasteiger partial charge in [-0.15, -0.1) is 0 Å². The summed E-state index contributed by atoms with van der Waals surface area (Å²) in [5, 5.41) is 13.9. The second-order valence-electron chi connectivity index (χ2n) is 9.07. The van der Waals surface area contributed by atoms with Crippen molar-refractivity contribution in [2.45, 2.75) is 57.0 Å². The molecule has 2 bridgehead atoms. The summed E-state index contributed by atoms with van der Waals surface area (Å²) in [6.07, 6.45) is 8.95. The van der Waals surface area contributed by atoms with Crippen LogP contribution < -0.4 is 10.1 Å². The lowest BCUT2D eigenvalue weighted by Gasteiger charge is -2.50. The third-order valence-electron chi connectivity index (χ3n) is 6.34. The minimum absolute atomic E-state index is 0.0891. The van der Waals surface area contributed by atoms with E-state index in [2.05, 4.69) is 34.1 Å². The van der Waals surface area contributed by atoms with Gasteiger partial charge in [-0.3, -0.25) is 0 Å². The molecule has 2 aliphatic rings. The van der Waals surface area contributed by atoms with Crippen molar-refractivity contribution in [2.24, 2.45) is 5.92 Å². The molecule has 2 saturated heterocycles. The van der Waals surface area contributed by atoms with Crippen LogP contribution in [0.3, 0.4) is 0 Å². The van der Waals surface area contributed by atoms with Gasteiger partial charge in [-0.05, 0) is 37.8 Å². The quantitative estimate of drug-likeness (QED) is 0.666. The maximum Gasteiger partial charge on any atom is 0.232 e. The number of rotatable bonds is 4. The van der Waals surface area contributed by atoms with E-state index in [1.165, 1.54) is 6.20 Å². The molecular formula is C23H26FN5O2. The normalized spacial score (nSPS) is 30.2. The van der Waals surface area contributed by atoms with Gasteiger partial charge < -0.3 is 19.7 Å². The van der Waals surface area contributed by atoms with Crippen LogP contribution in [0.2, 0.25) is 0 Å². The van der Waals surface area contributed by atoms with E-state index in [1.807, 2.05) is 6.07 Å². The van der Waals surface area contributed by atoms with Gasteiger partial charge in [0.2, 0.25) is 5.88 Å². The van der Waals surface area contributed by atoms with Crippen LogP contribution in [0.4, 0.5) is 4.39 Å². The summed E-state index contributed by atoms with van der Waals surface area (Å²) in [6.45, 7) is 4.32. The average molecular weight is 423 g/mol. The van der Waals surface area contributed by atoms with E-state index in [0.717, 1.165) is 18.5 Å². The van der Waals surface area contributed by atoms with E-state index in [4.69, 9.17) is 4.74 Å². The zero-order valence-corrected chi connectivity index (χ0v) is 17.6. The highest BCUT2D eigenvalue weighted by atomic mass is 19.1. The number of hydrogen-bond donors (Lipinski definition) is 2. The van der Waals surface area contributed by atoms with Gasteiger partial charge in [-0.2, -0.15) is 0 Å².